The van der Waals surface area contributed by atoms with Crippen LogP contribution < -0.4 is 4.74 Å². The molecule has 0 atom stereocenters. The van der Waals surface area contributed by atoms with E-state index in [0.717, 1.165) is 0 Å². The fourth-order valence-corrected chi connectivity index (χ4v) is 2.30. The van der Waals surface area contributed by atoms with Crippen LogP contribution in [0.4, 0.5) is 4.39 Å². The first kappa shape index (κ1) is 15.4. The van der Waals surface area contributed by atoms with E-state index in [9.17, 15) is 9.18 Å². The zero-order valence-corrected chi connectivity index (χ0v) is 13.2. The average Bonchev–Trinajstić information content (AvgIpc) is 2.47. The lowest BCUT2D eigenvalue weighted by Gasteiger charge is -2.17. The molecule has 110 valence electrons. The number of carbonyl (C=O) groups excluding carboxylic acids is 1. The van der Waals surface area contributed by atoms with Crippen LogP contribution in [0.5, 0.6) is 5.75 Å². The normalized spacial score (nSPS) is 10.3. The number of nitrogens with zero attached hydrogens (tertiary/aromatic N) is 2. The summed E-state index contributed by atoms with van der Waals surface area (Å²) in [6.45, 7) is 0.281. The summed E-state index contributed by atoms with van der Waals surface area (Å²) in [5, 5.41) is 0. The maximum absolute atomic E-state index is 13.6. The van der Waals surface area contributed by atoms with Gasteiger partial charge in [-0.25, -0.2) is 9.37 Å². The van der Waals surface area contributed by atoms with Crippen molar-refractivity contribution < 1.29 is 13.9 Å². The number of carbonyl (C=O) groups is 1. The Labute approximate surface area is 130 Å². The van der Waals surface area contributed by atoms with Crippen molar-refractivity contribution in [2.24, 2.45) is 0 Å². The van der Waals surface area contributed by atoms with Crippen LogP contribution >= 0.6 is 15.9 Å². The number of hydrogen-bond donors (Lipinski definition) is 0. The lowest BCUT2D eigenvalue weighted by molar-refractivity contribution is 0.0778. The number of hydrogen-bond acceptors (Lipinski definition) is 3. The molecule has 0 radical (unpaired) electrons. The second kappa shape index (κ2) is 6.67. The molecule has 4 nitrogen and oxygen atoms in total. The second-order valence-corrected chi connectivity index (χ2v) is 5.32. The van der Waals surface area contributed by atoms with Crippen LogP contribution in [0.1, 0.15) is 16.1 Å². The van der Waals surface area contributed by atoms with Crippen molar-refractivity contribution in [3.63, 3.8) is 0 Å². The lowest BCUT2D eigenvalue weighted by Crippen LogP contribution is -2.27. The van der Waals surface area contributed by atoms with Gasteiger partial charge in [0.05, 0.1) is 7.11 Å². The van der Waals surface area contributed by atoms with Gasteiger partial charge in [0.2, 0.25) is 0 Å². The van der Waals surface area contributed by atoms with E-state index in [0.29, 0.717) is 15.7 Å². The van der Waals surface area contributed by atoms with Gasteiger partial charge in [-0.15, -0.1) is 0 Å². The molecule has 1 heterocycles. The summed E-state index contributed by atoms with van der Waals surface area (Å²) in [5.74, 6) is -0.506. The van der Waals surface area contributed by atoms with Crippen molar-refractivity contribution >= 4 is 21.8 Å². The smallest absolute Gasteiger partial charge is 0.273 e. The number of aromatic nitrogens is 1. The first-order chi connectivity index (χ1) is 10.0. The highest BCUT2D eigenvalue weighted by Gasteiger charge is 2.16. The topological polar surface area (TPSA) is 42.4 Å². The molecule has 1 aromatic carbocycles. The van der Waals surface area contributed by atoms with Gasteiger partial charge in [-0.05, 0) is 45.8 Å². The second-order valence-electron chi connectivity index (χ2n) is 4.46. The van der Waals surface area contributed by atoms with Gasteiger partial charge in [0.15, 0.2) is 11.6 Å². The highest BCUT2D eigenvalue weighted by Crippen LogP contribution is 2.20. The van der Waals surface area contributed by atoms with Gasteiger partial charge < -0.3 is 9.64 Å². The molecule has 0 saturated carbocycles. The average molecular weight is 353 g/mol. The molecule has 1 aromatic heterocycles. The minimum Gasteiger partial charge on any atom is -0.494 e. The Morgan fingerprint density at radius 1 is 1.43 bits per heavy atom. The van der Waals surface area contributed by atoms with Gasteiger partial charge in [0, 0.05) is 24.3 Å². The molecule has 1 amide bonds. The number of methoxy groups -OCH3 is 1. The van der Waals surface area contributed by atoms with Crippen LogP contribution in [-0.4, -0.2) is 29.9 Å². The maximum atomic E-state index is 13.6. The molecule has 2 aromatic rings. The quantitative estimate of drug-likeness (QED) is 0.847. The molecular formula is C15H14BrFN2O2. The first-order valence-corrected chi connectivity index (χ1v) is 7.00. The van der Waals surface area contributed by atoms with Gasteiger partial charge in [-0.2, -0.15) is 0 Å². The van der Waals surface area contributed by atoms with E-state index >= 15 is 0 Å². The predicted octanol–water partition coefficient (Wildman–Crippen LogP) is 3.26. The molecule has 0 spiro atoms. The molecule has 0 fully saturated rings. The zero-order chi connectivity index (χ0) is 15.4. The fourth-order valence-electron chi connectivity index (χ4n) is 1.88. The van der Waals surface area contributed by atoms with Crippen LogP contribution in [0.25, 0.3) is 0 Å². The summed E-state index contributed by atoms with van der Waals surface area (Å²) in [7, 11) is 3.05. The SMILES string of the molecule is COc1ccc(CN(C)C(=O)c2ncccc2Br)cc1F. The number of ether oxygens (including phenoxy) is 1. The van der Waals surface area contributed by atoms with Crippen LogP contribution in [0.2, 0.25) is 0 Å². The molecule has 0 aliphatic rings. The minimum atomic E-state index is -0.449. The van der Waals surface area contributed by atoms with E-state index in [4.69, 9.17) is 4.74 Å². The van der Waals surface area contributed by atoms with Gasteiger partial charge >= 0.3 is 0 Å². The lowest BCUT2D eigenvalue weighted by atomic mass is 10.2. The number of benzene rings is 1. The summed E-state index contributed by atoms with van der Waals surface area (Å²) in [5.41, 5.74) is 1.00. The molecule has 0 bridgehead atoms. The Bertz CT molecular complexity index is 664. The Hall–Kier alpha value is -1.95. The predicted molar refractivity (Wildman–Crippen MR) is 80.7 cm³/mol. The van der Waals surface area contributed by atoms with E-state index < -0.39 is 5.82 Å². The minimum absolute atomic E-state index is 0.181. The molecule has 2 rings (SSSR count). The monoisotopic (exact) mass is 352 g/mol. The Morgan fingerprint density at radius 2 is 2.19 bits per heavy atom. The highest BCUT2D eigenvalue weighted by atomic mass is 79.9. The molecule has 0 N–H and O–H groups in total. The Kier molecular flexibility index (Phi) is 4.90. The van der Waals surface area contributed by atoms with E-state index in [1.54, 1.807) is 37.5 Å². The first-order valence-electron chi connectivity index (χ1n) is 6.21. The van der Waals surface area contributed by atoms with Gasteiger partial charge in [0.25, 0.3) is 5.91 Å². The van der Waals surface area contributed by atoms with Crippen molar-refractivity contribution in [3.05, 3.63) is 58.1 Å². The van der Waals surface area contributed by atoms with E-state index in [-0.39, 0.29) is 18.2 Å². The van der Waals surface area contributed by atoms with E-state index in [2.05, 4.69) is 20.9 Å². The van der Waals surface area contributed by atoms with E-state index in [1.165, 1.54) is 18.1 Å². The summed E-state index contributed by atoms with van der Waals surface area (Å²) < 4.78 is 19.1. The molecule has 6 heteroatoms. The molecule has 0 unspecified atom stereocenters. The van der Waals surface area contributed by atoms with Gasteiger partial charge in [0.1, 0.15) is 5.69 Å². The summed E-state index contributed by atoms with van der Waals surface area (Å²) in [6, 6.07) is 8.11. The van der Waals surface area contributed by atoms with Crippen LogP contribution in [0.3, 0.4) is 0 Å². The third-order valence-electron chi connectivity index (χ3n) is 2.94. The molecule has 0 saturated heterocycles. The largest absolute Gasteiger partial charge is 0.494 e. The van der Waals surface area contributed by atoms with Crippen LogP contribution in [0, 0.1) is 5.82 Å². The van der Waals surface area contributed by atoms with Crippen molar-refractivity contribution in [2.45, 2.75) is 6.54 Å². The summed E-state index contributed by atoms with van der Waals surface area (Å²) in [4.78, 5) is 17.8. The van der Waals surface area contributed by atoms with Crippen molar-refractivity contribution in [1.29, 1.82) is 0 Å². The standard InChI is InChI=1S/C15H14BrFN2O2/c1-19(15(20)14-11(16)4-3-7-18-14)9-10-5-6-13(21-2)12(17)8-10/h3-8H,9H2,1-2H3. The van der Waals surface area contributed by atoms with Crippen molar-refractivity contribution in [3.8, 4) is 5.75 Å². The number of halogens is 2. The molecule has 0 aliphatic carbocycles. The molecule has 0 aliphatic heterocycles. The fraction of sp³-hybridized carbons (Fsp3) is 0.200. The summed E-state index contributed by atoms with van der Waals surface area (Å²) >= 11 is 3.29. The highest BCUT2D eigenvalue weighted by molar-refractivity contribution is 9.10. The van der Waals surface area contributed by atoms with Crippen molar-refractivity contribution in [2.75, 3.05) is 14.2 Å². The van der Waals surface area contributed by atoms with Gasteiger partial charge in [-0.3, -0.25) is 4.79 Å². The third-order valence-corrected chi connectivity index (χ3v) is 3.58. The molecule has 21 heavy (non-hydrogen) atoms. The third kappa shape index (κ3) is 3.58. The number of amides is 1. The maximum Gasteiger partial charge on any atom is 0.273 e. The van der Waals surface area contributed by atoms with Crippen molar-refractivity contribution in [1.82, 2.24) is 9.88 Å². The van der Waals surface area contributed by atoms with Crippen LogP contribution in [-0.2, 0) is 6.54 Å². The summed E-state index contributed by atoms with van der Waals surface area (Å²) in [6.07, 6.45) is 1.55. The number of rotatable bonds is 4. The molecular weight excluding hydrogens is 339 g/mol. The Balaban J connectivity index is 2.14. The van der Waals surface area contributed by atoms with Gasteiger partial charge in [-0.1, -0.05) is 6.07 Å². The number of pyridine rings is 1. The van der Waals surface area contributed by atoms with Crippen LogP contribution in [0.15, 0.2) is 41.0 Å². The van der Waals surface area contributed by atoms with E-state index in [1.807, 2.05) is 0 Å². The Morgan fingerprint density at radius 3 is 2.81 bits per heavy atom. The zero-order valence-electron chi connectivity index (χ0n) is 11.6.